The van der Waals surface area contributed by atoms with Crippen molar-refractivity contribution in [3.63, 3.8) is 0 Å². The van der Waals surface area contributed by atoms with Crippen LogP contribution in [0.2, 0.25) is 0 Å². The first-order valence-electron chi connectivity index (χ1n) is 8.58. The van der Waals surface area contributed by atoms with Gasteiger partial charge < -0.3 is 9.88 Å². The number of nitrogens with zero attached hydrogens (tertiary/aromatic N) is 3. The molecule has 2 heterocycles. The molecule has 1 N–H and O–H groups in total. The van der Waals surface area contributed by atoms with Crippen LogP contribution in [0, 0.1) is 0 Å². The third-order valence-corrected chi connectivity index (χ3v) is 4.82. The highest BCUT2D eigenvalue weighted by Crippen LogP contribution is 2.19. The fraction of sp³-hybridized carbons (Fsp3) is 0.0952. The Morgan fingerprint density at radius 1 is 1.00 bits per heavy atom. The van der Waals surface area contributed by atoms with Crippen LogP contribution in [0.25, 0.3) is 11.0 Å². The Kier molecular flexibility index (Phi) is 4.98. The molecular weight excluding hydrogens is 404 g/mol. The van der Waals surface area contributed by atoms with E-state index < -0.39 is 0 Å². The van der Waals surface area contributed by atoms with Crippen LogP contribution in [0.5, 0.6) is 0 Å². The maximum atomic E-state index is 12.3. The predicted octanol–water partition coefficient (Wildman–Crippen LogP) is 4.17. The number of hydrogen-bond acceptors (Lipinski definition) is 3. The van der Waals surface area contributed by atoms with Gasteiger partial charge in [0.1, 0.15) is 11.5 Å². The van der Waals surface area contributed by atoms with Gasteiger partial charge in [0, 0.05) is 17.2 Å². The van der Waals surface area contributed by atoms with Crippen LogP contribution in [0.3, 0.4) is 0 Å². The first kappa shape index (κ1) is 17.4. The molecule has 2 aromatic heterocycles. The zero-order valence-electron chi connectivity index (χ0n) is 14.5. The fourth-order valence-electron chi connectivity index (χ4n) is 2.96. The maximum absolute atomic E-state index is 12.3. The third-order valence-electron chi connectivity index (χ3n) is 4.29. The summed E-state index contributed by atoms with van der Waals surface area (Å²) in [5.74, 6) is 0.598. The van der Waals surface area contributed by atoms with Crippen molar-refractivity contribution in [3.8, 4) is 0 Å². The van der Waals surface area contributed by atoms with E-state index in [1.807, 2.05) is 36.4 Å². The van der Waals surface area contributed by atoms with Gasteiger partial charge in [0.25, 0.3) is 5.91 Å². The minimum Gasteiger partial charge on any atom is -0.343 e. The van der Waals surface area contributed by atoms with Crippen LogP contribution in [0.1, 0.15) is 21.9 Å². The van der Waals surface area contributed by atoms with E-state index in [1.54, 1.807) is 24.4 Å². The number of carbonyl (C=O) groups excluding carboxylic acids is 1. The second-order valence-corrected chi connectivity index (χ2v) is 7.04. The van der Waals surface area contributed by atoms with E-state index in [0.29, 0.717) is 18.8 Å². The van der Waals surface area contributed by atoms with Crippen molar-refractivity contribution in [2.45, 2.75) is 13.1 Å². The number of imidazole rings is 1. The zero-order chi connectivity index (χ0) is 18.6. The Morgan fingerprint density at radius 3 is 2.56 bits per heavy atom. The Hall–Kier alpha value is -2.99. The van der Waals surface area contributed by atoms with Gasteiger partial charge >= 0.3 is 0 Å². The van der Waals surface area contributed by atoms with Crippen molar-refractivity contribution < 1.29 is 4.79 Å². The molecule has 0 aliphatic carbocycles. The van der Waals surface area contributed by atoms with Gasteiger partial charge in [-0.05, 0) is 42.0 Å². The van der Waals surface area contributed by atoms with Gasteiger partial charge in [0.2, 0.25) is 0 Å². The third kappa shape index (κ3) is 3.90. The average Bonchev–Trinajstić information content (AvgIpc) is 3.06. The number of benzene rings is 2. The van der Waals surface area contributed by atoms with E-state index in [9.17, 15) is 4.79 Å². The van der Waals surface area contributed by atoms with Crippen LogP contribution < -0.4 is 5.32 Å². The molecule has 27 heavy (non-hydrogen) atoms. The largest absolute Gasteiger partial charge is 0.343 e. The predicted molar refractivity (Wildman–Crippen MR) is 108 cm³/mol. The van der Waals surface area contributed by atoms with E-state index in [0.717, 1.165) is 21.3 Å². The zero-order valence-corrected chi connectivity index (χ0v) is 16.1. The molecule has 4 aromatic rings. The smallest absolute Gasteiger partial charge is 0.270 e. The molecule has 0 saturated heterocycles. The van der Waals surface area contributed by atoms with Gasteiger partial charge in [-0.15, -0.1) is 0 Å². The molecule has 0 spiro atoms. The summed E-state index contributed by atoms with van der Waals surface area (Å²) in [6.45, 7) is 1.02. The molecule has 5 nitrogen and oxygen atoms in total. The molecule has 1 amide bonds. The molecule has 0 radical (unpaired) electrons. The summed E-state index contributed by atoms with van der Waals surface area (Å²) in [5, 5.41) is 2.92. The van der Waals surface area contributed by atoms with Gasteiger partial charge in [0.05, 0.1) is 17.6 Å². The molecule has 0 atom stereocenters. The van der Waals surface area contributed by atoms with Gasteiger partial charge in [-0.25, -0.2) is 4.98 Å². The summed E-state index contributed by atoms with van der Waals surface area (Å²) in [4.78, 5) is 21.1. The molecular formula is C21H17BrN4O. The van der Waals surface area contributed by atoms with Gasteiger partial charge in [-0.3, -0.25) is 9.78 Å². The number of aromatic nitrogens is 3. The Bertz CT molecular complexity index is 1070. The van der Waals surface area contributed by atoms with Gasteiger partial charge in [-0.1, -0.05) is 46.3 Å². The number of rotatable bonds is 5. The second-order valence-electron chi connectivity index (χ2n) is 6.13. The minimum atomic E-state index is -0.210. The number of nitrogens with one attached hydrogen (secondary N) is 1. The number of hydrogen-bond donors (Lipinski definition) is 1. The van der Waals surface area contributed by atoms with Crippen LogP contribution in [0.4, 0.5) is 0 Å². The molecule has 0 unspecified atom stereocenters. The lowest BCUT2D eigenvalue weighted by molar-refractivity contribution is 0.0944. The van der Waals surface area contributed by atoms with E-state index in [1.165, 1.54) is 5.56 Å². The summed E-state index contributed by atoms with van der Waals surface area (Å²) in [6.07, 6.45) is 1.61. The number of pyridine rings is 1. The van der Waals surface area contributed by atoms with Crippen LogP contribution in [-0.2, 0) is 13.1 Å². The lowest BCUT2D eigenvalue weighted by Crippen LogP contribution is -2.25. The molecule has 0 saturated carbocycles. The number of carbonyl (C=O) groups is 1. The topological polar surface area (TPSA) is 59.8 Å². The first-order chi connectivity index (χ1) is 13.2. The summed E-state index contributed by atoms with van der Waals surface area (Å²) in [5.41, 5.74) is 3.52. The first-order valence-corrected chi connectivity index (χ1v) is 9.38. The lowest BCUT2D eigenvalue weighted by atomic mass is 10.2. The normalized spacial score (nSPS) is 10.9. The monoisotopic (exact) mass is 420 g/mol. The summed E-state index contributed by atoms with van der Waals surface area (Å²) >= 11 is 3.47. The highest BCUT2D eigenvalue weighted by atomic mass is 79.9. The number of fused-ring (bicyclic) bond motifs is 1. The van der Waals surface area contributed by atoms with E-state index >= 15 is 0 Å². The Labute approximate surface area is 165 Å². The summed E-state index contributed by atoms with van der Waals surface area (Å²) < 4.78 is 3.18. The molecule has 6 heteroatoms. The van der Waals surface area contributed by atoms with Crippen molar-refractivity contribution in [3.05, 3.63) is 94.5 Å². The summed E-state index contributed by atoms with van der Waals surface area (Å²) in [6, 6.07) is 21.5. The Morgan fingerprint density at radius 2 is 1.78 bits per heavy atom. The molecule has 0 aliphatic rings. The number of halogens is 1. The van der Waals surface area contributed by atoms with Crippen LogP contribution >= 0.6 is 15.9 Å². The SMILES string of the molecule is O=C(NCc1nc2ccccc2n1Cc1ccc(Br)cc1)c1ccccn1. The molecule has 0 fully saturated rings. The average molecular weight is 421 g/mol. The molecule has 0 aliphatic heterocycles. The molecule has 4 rings (SSSR count). The van der Waals surface area contributed by atoms with Gasteiger partial charge in [-0.2, -0.15) is 0 Å². The molecule has 134 valence electrons. The standard InChI is InChI=1S/C21H17BrN4O/c22-16-10-8-15(9-11-16)14-26-19-7-2-1-5-17(19)25-20(26)13-24-21(27)18-6-3-4-12-23-18/h1-12H,13-14H2,(H,24,27). The highest BCUT2D eigenvalue weighted by molar-refractivity contribution is 9.10. The molecule has 2 aromatic carbocycles. The lowest BCUT2D eigenvalue weighted by Gasteiger charge is -2.10. The van der Waals surface area contributed by atoms with E-state index in [-0.39, 0.29) is 5.91 Å². The van der Waals surface area contributed by atoms with Crippen molar-refractivity contribution in [1.82, 2.24) is 19.9 Å². The fourth-order valence-corrected chi connectivity index (χ4v) is 3.22. The maximum Gasteiger partial charge on any atom is 0.270 e. The van der Waals surface area contributed by atoms with E-state index in [2.05, 4.69) is 42.9 Å². The summed E-state index contributed by atoms with van der Waals surface area (Å²) in [7, 11) is 0. The van der Waals surface area contributed by atoms with Crippen LogP contribution in [0.15, 0.2) is 77.4 Å². The van der Waals surface area contributed by atoms with Crippen molar-refractivity contribution in [1.29, 1.82) is 0 Å². The van der Waals surface area contributed by atoms with Crippen molar-refractivity contribution in [2.24, 2.45) is 0 Å². The second kappa shape index (κ2) is 7.72. The Balaban J connectivity index is 1.61. The number of amides is 1. The highest BCUT2D eigenvalue weighted by Gasteiger charge is 2.13. The quantitative estimate of drug-likeness (QED) is 0.526. The van der Waals surface area contributed by atoms with E-state index in [4.69, 9.17) is 4.98 Å². The van der Waals surface area contributed by atoms with Crippen molar-refractivity contribution in [2.75, 3.05) is 0 Å². The number of para-hydroxylation sites is 2. The molecule has 0 bridgehead atoms. The minimum absolute atomic E-state index is 0.210. The van der Waals surface area contributed by atoms with Crippen LogP contribution in [-0.4, -0.2) is 20.4 Å². The van der Waals surface area contributed by atoms with Gasteiger partial charge in [0.15, 0.2) is 0 Å². The van der Waals surface area contributed by atoms with Crippen molar-refractivity contribution >= 4 is 32.9 Å².